The molecule has 1 aromatic carbocycles. The molecule has 4 nitrogen and oxygen atoms in total. The molecule has 1 atom stereocenters. The van der Waals surface area contributed by atoms with Gasteiger partial charge in [-0.2, -0.15) is 0 Å². The van der Waals surface area contributed by atoms with Crippen molar-refractivity contribution in [3.05, 3.63) is 29.8 Å². The van der Waals surface area contributed by atoms with Gasteiger partial charge in [-0.05, 0) is 32.9 Å². The molecule has 1 amide bonds. The number of amides is 1. The number of nitrogens with zero attached hydrogens (tertiary/aromatic N) is 1. The van der Waals surface area contributed by atoms with Crippen molar-refractivity contribution in [3.63, 3.8) is 0 Å². The van der Waals surface area contributed by atoms with Crippen LogP contribution in [-0.4, -0.2) is 30.6 Å². The molecule has 18 heavy (non-hydrogen) atoms. The number of carbonyl (C=O) groups excluding carboxylic acids is 1. The van der Waals surface area contributed by atoms with Crippen LogP contribution in [0.15, 0.2) is 24.3 Å². The monoisotopic (exact) mass is 247 g/mol. The van der Waals surface area contributed by atoms with Crippen molar-refractivity contribution in [2.75, 3.05) is 18.0 Å². The molecule has 1 aromatic rings. The molecular weight excluding hydrogens is 226 g/mol. The highest BCUT2D eigenvalue weighted by molar-refractivity contribution is 5.87. The van der Waals surface area contributed by atoms with Crippen LogP contribution in [0.4, 0.5) is 5.69 Å². The minimum atomic E-state index is -0.277. The van der Waals surface area contributed by atoms with Gasteiger partial charge in [0.1, 0.15) is 6.04 Å². The summed E-state index contributed by atoms with van der Waals surface area (Å²) in [6.45, 7) is 7.20. The van der Waals surface area contributed by atoms with E-state index in [0.717, 1.165) is 12.2 Å². The molecular formula is C14H21N3O. The van der Waals surface area contributed by atoms with Crippen LogP contribution in [0.3, 0.4) is 0 Å². The molecule has 0 bridgehead atoms. The molecule has 3 N–H and O–H groups in total. The van der Waals surface area contributed by atoms with E-state index in [1.165, 1.54) is 5.56 Å². The van der Waals surface area contributed by atoms with E-state index in [2.05, 4.69) is 29.3 Å². The highest BCUT2D eigenvalue weighted by Gasteiger charge is 2.37. The summed E-state index contributed by atoms with van der Waals surface area (Å²) in [7, 11) is 0. The van der Waals surface area contributed by atoms with E-state index in [1.807, 2.05) is 26.0 Å². The van der Waals surface area contributed by atoms with Gasteiger partial charge in [0.25, 0.3) is 0 Å². The Morgan fingerprint density at radius 3 is 2.56 bits per heavy atom. The Morgan fingerprint density at radius 1 is 1.39 bits per heavy atom. The lowest BCUT2D eigenvalue weighted by molar-refractivity contribution is -0.125. The third kappa shape index (κ3) is 2.48. The van der Waals surface area contributed by atoms with Crippen molar-refractivity contribution in [1.82, 2.24) is 5.32 Å². The number of aryl methyl sites for hydroxylation is 1. The zero-order valence-electron chi connectivity index (χ0n) is 11.2. The Balaban J connectivity index is 2.32. The predicted molar refractivity (Wildman–Crippen MR) is 73.6 cm³/mol. The summed E-state index contributed by atoms with van der Waals surface area (Å²) in [4.78, 5) is 14.2. The fourth-order valence-corrected chi connectivity index (χ4v) is 2.38. The second-order valence-electron chi connectivity index (χ2n) is 5.59. The number of hydrogen-bond acceptors (Lipinski definition) is 3. The van der Waals surface area contributed by atoms with Crippen LogP contribution in [0.1, 0.15) is 19.4 Å². The summed E-state index contributed by atoms with van der Waals surface area (Å²) in [6, 6.07) is 7.94. The number of carbonyl (C=O) groups is 1. The van der Waals surface area contributed by atoms with Gasteiger partial charge in [0, 0.05) is 18.8 Å². The average molecular weight is 247 g/mol. The fourth-order valence-electron chi connectivity index (χ4n) is 2.38. The number of nitrogens with one attached hydrogen (secondary N) is 1. The second-order valence-corrected chi connectivity index (χ2v) is 5.59. The van der Waals surface area contributed by atoms with Gasteiger partial charge in [-0.3, -0.25) is 4.79 Å². The van der Waals surface area contributed by atoms with Crippen molar-refractivity contribution in [2.45, 2.75) is 32.4 Å². The largest absolute Gasteiger partial charge is 0.356 e. The first kappa shape index (κ1) is 12.9. The second kappa shape index (κ2) is 4.61. The first-order valence-electron chi connectivity index (χ1n) is 6.28. The maximum Gasteiger partial charge on any atom is 0.244 e. The van der Waals surface area contributed by atoms with Crippen molar-refractivity contribution in [1.29, 1.82) is 0 Å². The number of nitrogens with two attached hydrogens (primary N) is 1. The zero-order chi connectivity index (χ0) is 13.3. The highest BCUT2D eigenvalue weighted by atomic mass is 16.2. The van der Waals surface area contributed by atoms with Gasteiger partial charge in [-0.1, -0.05) is 17.7 Å². The van der Waals surface area contributed by atoms with Gasteiger partial charge >= 0.3 is 0 Å². The van der Waals surface area contributed by atoms with E-state index in [4.69, 9.17) is 5.73 Å². The SMILES string of the molecule is Cc1ccc(N2CC(C)(C)NC(=O)C2CN)cc1. The normalized spacial score (nSPS) is 22.8. The van der Waals surface area contributed by atoms with Crippen molar-refractivity contribution >= 4 is 11.6 Å². The van der Waals surface area contributed by atoms with Crippen molar-refractivity contribution in [3.8, 4) is 0 Å². The summed E-state index contributed by atoms with van der Waals surface area (Å²) in [5.41, 5.74) is 7.78. The first-order valence-corrected chi connectivity index (χ1v) is 6.28. The quantitative estimate of drug-likeness (QED) is 0.821. The number of piperazine rings is 1. The summed E-state index contributed by atoms with van der Waals surface area (Å²) in [5.74, 6) is 0.00863. The van der Waals surface area contributed by atoms with E-state index < -0.39 is 0 Å². The average Bonchev–Trinajstić information content (AvgIpc) is 2.28. The lowest BCUT2D eigenvalue weighted by atomic mass is 9.97. The summed E-state index contributed by atoms with van der Waals surface area (Å²) >= 11 is 0. The third-order valence-corrected chi connectivity index (χ3v) is 3.29. The lowest BCUT2D eigenvalue weighted by Crippen LogP contribution is -2.66. The molecule has 2 rings (SSSR count). The summed E-state index contributed by atoms with van der Waals surface area (Å²) in [6.07, 6.45) is 0. The molecule has 0 aromatic heterocycles. The van der Waals surface area contributed by atoms with Gasteiger partial charge < -0.3 is 16.0 Å². The topological polar surface area (TPSA) is 58.4 Å². The van der Waals surface area contributed by atoms with Crippen LogP contribution >= 0.6 is 0 Å². The summed E-state index contributed by atoms with van der Waals surface area (Å²) < 4.78 is 0. The molecule has 1 saturated heterocycles. The molecule has 1 aliphatic heterocycles. The maximum atomic E-state index is 12.1. The van der Waals surface area contributed by atoms with Gasteiger partial charge in [-0.15, -0.1) is 0 Å². The maximum absolute atomic E-state index is 12.1. The molecule has 1 fully saturated rings. The van der Waals surface area contributed by atoms with Crippen molar-refractivity contribution in [2.24, 2.45) is 5.73 Å². The molecule has 1 heterocycles. The molecule has 0 radical (unpaired) electrons. The van der Waals surface area contributed by atoms with Crippen LogP contribution in [0, 0.1) is 6.92 Å². The molecule has 1 unspecified atom stereocenters. The molecule has 0 aliphatic carbocycles. The van der Waals surface area contributed by atoms with E-state index >= 15 is 0 Å². The van der Waals surface area contributed by atoms with Crippen LogP contribution in [0.2, 0.25) is 0 Å². The van der Waals surface area contributed by atoms with Crippen LogP contribution < -0.4 is 16.0 Å². The van der Waals surface area contributed by atoms with E-state index in [9.17, 15) is 4.79 Å². The van der Waals surface area contributed by atoms with E-state index in [-0.39, 0.29) is 17.5 Å². The fraction of sp³-hybridized carbons (Fsp3) is 0.500. The van der Waals surface area contributed by atoms with Gasteiger partial charge in [0.15, 0.2) is 0 Å². The number of anilines is 1. The first-order chi connectivity index (χ1) is 8.43. The third-order valence-electron chi connectivity index (χ3n) is 3.29. The summed E-state index contributed by atoms with van der Waals surface area (Å²) in [5, 5.41) is 3.01. The minimum absolute atomic E-state index is 0.00863. The number of benzene rings is 1. The molecule has 98 valence electrons. The smallest absolute Gasteiger partial charge is 0.244 e. The van der Waals surface area contributed by atoms with E-state index in [0.29, 0.717) is 6.54 Å². The lowest BCUT2D eigenvalue weighted by Gasteiger charge is -2.44. The molecule has 4 heteroatoms. The highest BCUT2D eigenvalue weighted by Crippen LogP contribution is 2.24. The standard InChI is InChI=1S/C14H21N3O/c1-10-4-6-11(7-5-10)17-9-14(2,3)16-13(18)12(17)8-15/h4-7,12H,8-9,15H2,1-3H3,(H,16,18). The van der Waals surface area contributed by atoms with E-state index in [1.54, 1.807) is 0 Å². The van der Waals surface area contributed by atoms with Crippen LogP contribution in [0.5, 0.6) is 0 Å². The van der Waals surface area contributed by atoms with Gasteiger partial charge in [0.05, 0.1) is 5.54 Å². The zero-order valence-corrected chi connectivity index (χ0v) is 11.2. The number of rotatable bonds is 2. The molecule has 0 saturated carbocycles. The van der Waals surface area contributed by atoms with Crippen LogP contribution in [0.25, 0.3) is 0 Å². The van der Waals surface area contributed by atoms with Crippen molar-refractivity contribution < 1.29 is 4.79 Å². The Morgan fingerprint density at radius 2 is 2.00 bits per heavy atom. The Hall–Kier alpha value is -1.55. The van der Waals surface area contributed by atoms with Gasteiger partial charge in [-0.25, -0.2) is 0 Å². The minimum Gasteiger partial charge on any atom is -0.356 e. The molecule has 0 spiro atoms. The Labute approximate surface area is 108 Å². The Bertz CT molecular complexity index is 439. The predicted octanol–water partition coefficient (Wildman–Crippen LogP) is 1.04. The number of hydrogen-bond donors (Lipinski definition) is 2. The Kier molecular flexibility index (Phi) is 3.30. The van der Waals surface area contributed by atoms with Gasteiger partial charge in [0.2, 0.25) is 5.91 Å². The molecule has 1 aliphatic rings. The van der Waals surface area contributed by atoms with Crippen LogP contribution in [-0.2, 0) is 4.79 Å².